The molecule has 1 aromatic rings. The van der Waals surface area contributed by atoms with E-state index in [1.54, 1.807) is 11.3 Å². The number of rotatable bonds is 4. The molecule has 0 bridgehead atoms. The summed E-state index contributed by atoms with van der Waals surface area (Å²) in [6.07, 6.45) is 2.12. The highest BCUT2D eigenvalue weighted by Crippen LogP contribution is 2.27. The van der Waals surface area contributed by atoms with Crippen LogP contribution in [0.25, 0.3) is 0 Å². The van der Waals surface area contributed by atoms with E-state index in [1.165, 1.54) is 4.88 Å². The first-order chi connectivity index (χ1) is 9.35. The van der Waals surface area contributed by atoms with Gasteiger partial charge in [-0.1, -0.05) is 0 Å². The van der Waals surface area contributed by atoms with Gasteiger partial charge >= 0.3 is 0 Å². The molecule has 0 aliphatic carbocycles. The van der Waals surface area contributed by atoms with Crippen LogP contribution in [0.3, 0.4) is 0 Å². The molecule has 0 radical (unpaired) electrons. The lowest BCUT2D eigenvalue weighted by molar-refractivity contribution is -0.0402. The molecule has 5 heteroatoms. The molecule has 0 spiro atoms. The number of morpholine rings is 1. The van der Waals surface area contributed by atoms with Gasteiger partial charge < -0.3 is 10.1 Å². The molecule has 1 unspecified atom stereocenters. The van der Waals surface area contributed by atoms with E-state index in [4.69, 9.17) is 4.74 Å². The maximum atomic E-state index is 5.89. The van der Waals surface area contributed by atoms with Crippen molar-refractivity contribution < 1.29 is 4.74 Å². The van der Waals surface area contributed by atoms with E-state index >= 15 is 0 Å². The SMILES string of the molecule is CC(C)N1CCOC(c2ncc(CNC(C)(C)C)s2)C1. The highest BCUT2D eigenvalue weighted by atomic mass is 32.1. The van der Waals surface area contributed by atoms with Crippen molar-refractivity contribution in [1.29, 1.82) is 0 Å². The molecule has 20 heavy (non-hydrogen) atoms. The van der Waals surface area contributed by atoms with Crippen molar-refractivity contribution in [3.05, 3.63) is 16.1 Å². The van der Waals surface area contributed by atoms with Gasteiger partial charge in [-0.3, -0.25) is 4.90 Å². The van der Waals surface area contributed by atoms with Crippen molar-refractivity contribution in [1.82, 2.24) is 15.2 Å². The fraction of sp³-hybridized carbons (Fsp3) is 0.800. The van der Waals surface area contributed by atoms with Crippen LogP contribution in [-0.4, -0.2) is 41.2 Å². The van der Waals surface area contributed by atoms with Gasteiger partial charge in [-0.05, 0) is 34.6 Å². The molecule has 1 aliphatic rings. The lowest BCUT2D eigenvalue weighted by Gasteiger charge is -2.34. The quantitative estimate of drug-likeness (QED) is 0.927. The first-order valence-corrected chi connectivity index (χ1v) is 8.22. The number of nitrogens with one attached hydrogen (secondary N) is 1. The van der Waals surface area contributed by atoms with Crippen LogP contribution in [-0.2, 0) is 11.3 Å². The Labute approximate surface area is 126 Å². The zero-order chi connectivity index (χ0) is 14.8. The minimum absolute atomic E-state index is 0.138. The second-order valence-electron chi connectivity index (χ2n) is 6.72. The minimum Gasteiger partial charge on any atom is -0.368 e. The Bertz CT molecular complexity index is 425. The molecule has 2 heterocycles. The smallest absolute Gasteiger partial charge is 0.123 e. The van der Waals surface area contributed by atoms with Gasteiger partial charge in [-0.25, -0.2) is 4.98 Å². The summed E-state index contributed by atoms with van der Waals surface area (Å²) in [7, 11) is 0. The summed E-state index contributed by atoms with van der Waals surface area (Å²) >= 11 is 1.77. The Morgan fingerprint density at radius 1 is 1.50 bits per heavy atom. The normalized spacial score (nSPS) is 21.6. The Morgan fingerprint density at radius 3 is 2.90 bits per heavy atom. The van der Waals surface area contributed by atoms with Gasteiger partial charge in [0.1, 0.15) is 11.1 Å². The Hall–Kier alpha value is -0.490. The molecule has 0 amide bonds. The lowest BCUT2D eigenvalue weighted by Crippen LogP contribution is -2.42. The van der Waals surface area contributed by atoms with Crippen molar-refractivity contribution in [2.24, 2.45) is 0 Å². The van der Waals surface area contributed by atoms with E-state index in [-0.39, 0.29) is 11.6 Å². The molecule has 1 atom stereocenters. The van der Waals surface area contributed by atoms with E-state index in [1.807, 2.05) is 6.20 Å². The molecule has 4 nitrogen and oxygen atoms in total. The molecule has 114 valence electrons. The first kappa shape index (κ1) is 15.9. The van der Waals surface area contributed by atoms with Gasteiger partial charge in [0.2, 0.25) is 0 Å². The maximum absolute atomic E-state index is 5.89. The topological polar surface area (TPSA) is 37.4 Å². The zero-order valence-electron chi connectivity index (χ0n) is 13.3. The van der Waals surface area contributed by atoms with Crippen LogP contribution in [0.5, 0.6) is 0 Å². The van der Waals surface area contributed by atoms with E-state index < -0.39 is 0 Å². The van der Waals surface area contributed by atoms with Gasteiger partial charge in [-0.15, -0.1) is 11.3 Å². The average Bonchev–Trinajstić information content (AvgIpc) is 2.84. The summed E-state index contributed by atoms with van der Waals surface area (Å²) in [6, 6.07) is 0.573. The highest BCUT2D eigenvalue weighted by Gasteiger charge is 2.25. The van der Waals surface area contributed by atoms with Crippen LogP contribution in [0.4, 0.5) is 0 Å². The highest BCUT2D eigenvalue weighted by molar-refractivity contribution is 7.11. The molecule has 0 saturated carbocycles. The number of nitrogens with zero attached hydrogens (tertiary/aromatic N) is 2. The average molecular weight is 297 g/mol. The summed E-state index contributed by atoms with van der Waals surface area (Å²) in [5.41, 5.74) is 0.139. The standard InChI is InChI=1S/C15H27N3OS/c1-11(2)18-6-7-19-13(10-18)14-16-8-12(20-14)9-17-15(3,4)5/h8,11,13,17H,6-7,9-10H2,1-5H3. The summed E-state index contributed by atoms with van der Waals surface area (Å²) in [6.45, 7) is 14.7. The second kappa shape index (κ2) is 6.52. The van der Waals surface area contributed by atoms with Crippen LogP contribution in [0, 0.1) is 0 Å². The van der Waals surface area contributed by atoms with Gasteiger partial charge in [0.15, 0.2) is 0 Å². The van der Waals surface area contributed by atoms with Crippen molar-refractivity contribution >= 4 is 11.3 Å². The van der Waals surface area contributed by atoms with Gasteiger partial charge in [0.25, 0.3) is 0 Å². The third kappa shape index (κ3) is 4.52. The molecule has 1 saturated heterocycles. The summed E-state index contributed by atoms with van der Waals surface area (Å²) < 4.78 is 5.89. The van der Waals surface area contributed by atoms with Crippen LogP contribution in [0.2, 0.25) is 0 Å². The minimum atomic E-state index is 0.138. The monoisotopic (exact) mass is 297 g/mol. The predicted octanol–water partition coefficient (Wildman–Crippen LogP) is 2.81. The number of hydrogen-bond donors (Lipinski definition) is 1. The molecule has 1 fully saturated rings. The molecule has 2 rings (SSSR count). The van der Waals surface area contributed by atoms with Gasteiger partial charge in [-0.2, -0.15) is 0 Å². The Kier molecular flexibility index (Phi) is 5.18. The van der Waals surface area contributed by atoms with E-state index in [0.717, 1.165) is 31.2 Å². The summed E-state index contributed by atoms with van der Waals surface area (Å²) in [4.78, 5) is 8.30. The number of hydrogen-bond acceptors (Lipinski definition) is 5. The van der Waals surface area contributed by atoms with Crippen LogP contribution in [0.1, 0.15) is 50.6 Å². The number of ether oxygens (including phenoxy) is 1. The number of aromatic nitrogens is 1. The predicted molar refractivity (Wildman–Crippen MR) is 84.1 cm³/mol. The van der Waals surface area contributed by atoms with Crippen molar-refractivity contribution in [3.8, 4) is 0 Å². The van der Waals surface area contributed by atoms with E-state index in [0.29, 0.717) is 6.04 Å². The zero-order valence-corrected chi connectivity index (χ0v) is 14.1. The van der Waals surface area contributed by atoms with Crippen LogP contribution < -0.4 is 5.32 Å². The van der Waals surface area contributed by atoms with E-state index in [9.17, 15) is 0 Å². The Balaban J connectivity index is 1.94. The molecule has 1 aromatic heterocycles. The fourth-order valence-electron chi connectivity index (χ4n) is 2.19. The number of thiazole rings is 1. The second-order valence-corrected chi connectivity index (χ2v) is 7.86. The molecule has 1 N–H and O–H groups in total. The molecule has 1 aliphatic heterocycles. The maximum Gasteiger partial charge on any atom is 0.123 e. The Morgan fingerprint density at radius 2 is 2.25 bits per heavy atom. The van der Waals surface area contributed by atoms with Crippen molar-refractivity contribution in [3.63, 3.8) is 0 Å². The first-order valence-electron chi connectivity index (χ1n) is 7.40. The molecular formula is C15H27N3OS. The lowest BCUT2D eigenvalue weighted by atomic mass is 10.1. The van der Waals surface area contributed by atoms with Crippen LogP contribution in [0.15, 0.2) is 6.20 Å². The van der Waals surface area contributed by atoms with Gasteiger partial charge in [0, 0.05) is 42.3 Å². The van der Waals surface area contributed by atoms with Gasteiger partial charge in [0.05, 0.1) is 6.61 Å². The molecular weight excluding hydrogens is 270 g/mol. The van der Waals surface area contributed by atoms with Crippen LogP contribution >= 0.6 is 11.3 Å². The largest absolute Gasteiger partial charge is 0.368 e. The van der Waals surface area contributed by atoms with E-state index in [2.05, 4.69) is 49.8 Å². The summed E-state index contributed by atoms with van der Waals surface area (Å²) in [5, 5.41) is 4.61. The summed E-state index contributed by atoms with van der Waals surface area (Å²) in [5.74, 6) is 0. The van der Waals surface area contributed by atoms with Crippen molar-refractivity contribution in [2.45, 2.75) is 58.8 Å². The van der Waals surface area contributed by atoms with Crippen molar-refractivity contribution in [2.75, 3.05) is 19.7 Å². The molecule has 0 aromatic carbocycles. The fourth-order valence-corrected chi connectivity index (χ4v) is 3.09. The third-order valence-corrected chi connectivity index (χ3v) is 4.56. The third-order valence-electron chi connectivity index (χ3n) is 3.47.